The Kier molecular flexibility index (Phi) is 4.51. The van der Waals surface area contributed by atoms with Crippen LogP contribution in [0.15, 0.2) is 18.2 Å². The highest BCUT2D eigenvalue weighted by Gasteiger charge is 2.14. The van der Waals surface area contributed by atoms with Gasteiger partial charge in [-0.2, -0.15) is 5.10 Å². The number of rotatable bonds is 4. The predicted molar refractivity (Wildman–Crippen MR) is 83.4 cm³/mol. The van der Waals surface area contributed by atoms with E-state index in [0.717, 1.165) is 17.0 Å². The van der Waals surface area contributed by atoms with Crippen LogP contribution in [0.4, 0.5) is 5.69 Å². The standard InChI is InChI=1S/C15H16ClN3O3/c1-8-13(9(2)19(3)18-8)7-14(20)17-12-5-10(15(21)22)4-11(16)6-12/h4-6H,7H2,1-3H3,(H,17,20)(H,21,22). The third kappa shape index (κ3) is 3.46. The lowest BCUT2D eigenvalue weighted by Crippen LogP contribution is -2.15. The topological polar surface area (TPSA) is 84.2 Å². The van der Waals surface area contributed by atoms with Crippen LogP contribution in [-0.2, 0) is 18.3 Å². The molecule has 0 saturated heterocycles. The molecule has 1 aromatic carbocycles. The molecule has 2 aromatic rings. The van der Waals surface area contributed by atoms with Crippen LogP contribution in [0, 0.1) is 13.8 Å². The van der Waals surface area contributed by atoms with Gasteiger partial charge in [-0.3, -0.25) is 9.48 Å². The average Bonchev–Trinajstić information content (AvgIpc) is 2.64. The van der Waals surface area contributed by atoms with Crippen molar-refractivity contribution in [2.45, 2.75) is 20.3 Å². The average molecular weight is 322 g/mol. The van der Waals surface area contributed by atoms with Gasteiger partial charge in [-0.25, -0.2) is 4.79 Å². The molecule has 116 valence electrons. The van der Waals surface area contributed by atoms with E-state index < -0.39 is 5.97 Å². The maximum Gasteiger partial charge on any atom is 0.335 e. The predicted octanol–water partition coefficient (Wildman–Crippen LogP) is 2.57. The summed E-state index contributed by atoms with van der Waals surface area (Å²) in [6.45, 7) is 3.74. The van der Waals surface area contributed by atoms with Crippen LogP contribution < -0.4 is 5.32 Å². The molecule has 2 N–H and O–H groups in total. The molecule has 0 aliphatic carbocycles. The van der Waals surface area contributed by atoms with Gasteiger partial charge in [0.05, 0.1) is 17.7 Å². The first-order valence-electron chi connectivity index (χ1n) is 6.60. The van der Waals surface area contributed by atoms with Gasteiger partial charge in [0.25, 0.3) is 0 Å². The maximum atomic E-state index is 12.1. The fraction of sp³-hybridized carbons (Fsp3) is 0.267. The van der Waals surface area contributed by atoms with E-state index in [4.69, 9.17) is 16.7 Å². The quantitative estimate of drug-likeness (QED) is 0.906. The summed E-state index contributed by atoms with van der Waals surface area (Å²) in [6.07, 6.45) is 0.167. The van der Waals surface area contributed by atoms with Crippen LogP contribution >= 0.6 is 11.6 Å². The van der Waals surface area contributed by atoms with Gasteiger partial charge < -0.3 is 10.4 Å². The third-order valence-corrected chi connectivity index (χ3v) is 3.64. The lowest BCUT2D eigenvalue weighted by atomic mass is 10.1. The van der Waals surface area contributed by atoms with Crippen molar-refractivity contribution < 1.29 is 14.7 Å². The molecule has 1 aromatic heterocycles. The summed E-state index contributed by atoms with van der Waals surface area (Å²) >= 11 is 5.86. The van der Waals surface area contributed by atoms with Crippen molar-refractivity contribution in [1.82, 2.24) is 9.78 Å². The second-order valence-electron chi connectivity index (χ2n) is 5.03. The number of hydrogen-bond donors (Lipinski definition) is 2. The van der Waals surface area contributed by atoms with Crippen molar-refractivity contribution in [2.75, 3.05) is 5.32 Å². The molecule has 0 aliphatic heterocycles. The lowest BCUT2D eigenvalue weighted by molar-refractivity contribution is -0.115. The fourth-order valence-electron chi connectivity index (χ4n) is 2.22. The van der Waals surface area contributed by atoms with E-state index in [1.165, 1.54) is 18.2 Å². The Morgan fingerprint density at radius 2 is 2.00 bits per heavy atom. The molecule has 1 heterocycles. The molecule has 0 fully saturated rings. The number of carboxylic acid groups (broad SMARTS) is 1. The first kappa shape index (κ1) is 16.0. The second kappa shape index (κ2) is 6.19. The van der Waals surface area contributed by atoms with E-state index in [1.54, 1.807) is 4.68 Å². The van der Waals surface area contributed by atoms with Crippen molar-refractivity contribution in [2.24, 2.45) is 7.05 Å². The number of amides is 1. The van der Waals surface area contributed by atoms with Crippen LogP contribution in [0.5, 0.6) is 0 Å². The number of aromatic carboxylic acids is 1. The summed E-state index contributed by atoms with van der Waals surface area (Å²) in [6, 6.07) is 4.21. The summed E-state index contributed by atoms with van der Waals surface area (Å²) < 4.78 is 1.72. The molecule has 22 heavy (non-hydrogen) atoms. The number of aromatic nitrogens is 2. The van der Waals surface area contributed by atoms with Gasteiger partial charge in [-0.1, -0.05) is 11.6 Å². The summed E-state index contributed by atoms with van der Waals surface area (Å²) in [7, 11) is 1.82. The van der Waals surface area contributed by atoms with Crippen molar-refractivity contribution in [3.8, 4) is 0 Å². The van der Waals surface area contributed by atoms with Crippen molar-refractivity contribution in [3.05, 3.63) is 45.7 Å². The van der Waals surface area contributed by atoms with Crippen molar-refractivity contribution in [3.63, 3.8) is 0 Å². The highest BCUT2D eigenvalue weighted by Crippen LogP contribution is 2.20. The number of nitrogens with zero attached hydrogens (tertiary/aromatic N) is 2. The van der Waals surface area contributed by atoms with Crippen LogP contribution in [0.2, 0.25) is 5.02 Å². The Balaban J connectivity index is 2.17. The van der Waals surface area contributed by atoms with E-state index in [-0.39, 0.29) is 22.9 Å². The maximum absolute atomic E-state index is 12.1. The Morgan fingerprint density at radius 1 is 1.32 bits per heavy atom. The largest absolute Gasteiger partial charge is 0.478 e. The molecule has 0 unspecified atom stereocenters. The van der Waals surface area contributed by atoms with Gasteiger partial charge in [-0.15, -0.1) is 0 Å². The molecule has 0 atom stereocenters. The molecule has 0 aliphatic rings. The van der Waals surface area contributed by atoms with Crippen molar-refractivity contribution >= 4 is 29.2 Å². The normalized spacial score (nSPS) is 10.5. The van der Waals surface area contributed by atoms with Gasteiger partial charge in [0.15, 0.2) is 0 Å². The molecule has 1 amide bonds. The lowest BCUT2D eigenvalue weighted by Gasteiger charge is -2.07. The van der Waals surface area contributed by atoms with Crippen LogP contribution in [0.3, 0.4) is 0 Å². The van der Waals surface area contributed by atoms with Gasteiger partial charge in [0, 0.05) is 29.0 Å². The molecule has 2 rings (SSSR count). The zero-order valence-corrected chi connectivity index (χ0v) is 13.2. The Hall–Kier alpha value is -2.34. The Morgan fingerprint density at radius 3 is 2.55 bits per heavy atom. The van der Waals surface area contributed by atoms with E-state index in [0.29, 0.717) is 5.69 Å². The first-order chi connectivity index (χ1) is 10.3. The number of carboxylic acids is 1. The molecular weight excluding hydrogens is 306 g/mol. The number of nitrogens with one attached hydrogen (secondary N) is 1. The van der Waals surface area contributed by atoms with E-state index in [2.05, 4.69) is 10.4 Å². The monoisotopic (exact) mass is 321 g/mol. The van der Waals surface area contributed by atoms with E-state index in [1.807, 2.05) is 20.9 Å². The number of carbonyl (C=O) groups is 2. The van der Waals surface area contributed by atoms with Gasteiger partial charge >= 0.3 is 5.97 Å². The number of halogens is 1. The molecule has 6 nitrogen and oxygen atoms in total. The molecular formula is C15H16ClN3O3. The third-order valence-electron chi connectivity index (χ3n) is 3.42. The number of carbonyl (C=O) groups excluding carboxylic acids is 1. The number of anilines is 1. The summed E-state index contributed by atoms with van der Waals surface area (Å²) in [4.78, 5) is 23.1. The minimum atomic E-state index is -1.10. The second-order valence-corrected chi connectivity index (χ2v) is 5.47. The minimum absolute atomic E-state index is 0.0246. The van der Waals surface area contributed by atoms with Crippen LogP contribution in [0.25, 0.3) is 0 Å². The summed E-state index contributed by atoms with van der Waals surface area (Å²) in [5, 5.41) is 16.2. The number of hydrogen-bond acceptors (Lipinski definition) is 3. The van der Waals surface area contributed by atoms with Gasteiger partial charge in [0.2, 0.25) is 5.91 Å². The first-order valence-corrected chi connectivity index (χ1v) is 6.98. The molecule has 0 radical (unpaired) electrons. The molecule has 7 heteroatoms. The molecule has 0 bridgehead atoms. The Bertz CT molecular complexity index is 753. The minimum Gasteiger partial charge on any atom is -0.478 e. The SMILES string of the molecule is Cc1nn(C)c(C)c1CC(=O)Nc1cc(Cl)cc(C(=O)O)c1. The van der Waals surface area contributed by atoms with E-state index in [9.17, 15) is 9.59 Å². The smallest absolute Gasteiger partial charge is 0.335 e. The highest BCUT2D eigenvalue weighted by molar-refractivity contribution is 6.31. The highest BCUT2D eigenvalue weighted by atomic mass is 35.5. The summed E-state index contributed by atoms with van der Waals surface area (Å²) in [5.41, 5.74) is 2.96. The zero-order valence-electron chi connectivity index (χ0n) is 12.5. The Labute approximate surface area is 132 Å². The zero-order chi connectivity index (χ0) is 16.4. The van der Waals surface area contributed by atoms with Crippen LogP contribution in [-0.4, -0.2) is 26.8 Å². The number of aryl methyl sites for hydroxylation is 2. The van der Waals surface area contributed by atoms with Crippen molar-refractivity contribution in [1.29, 1.82) is 0 Å². The molecule has 0 saturated carbocycles. The van der Waals surface area contributed by atoms with Crippen LogP contribution in [0.1, 0.15) is 27.3 Å². The molecule has 0 spiro atoms. The number of benzene rings is 1. The van der Waals surface area contributed by atoms with Gasteiger partial charge in [0.1, 0.15) is 0 Å². The summed E-state index contributed by atoms with van der Waals surface area (Å²) in [5.74, 6) is -1.35. The van der Waals surface area contributed by atoms with E-state index >= 15 is 0 Å². The van der Waals surface area contributed by atoms with Gasteiger partial charge in [-0.05, 0) is 32.0 Å². The fourth-order valence-corrected chi connectivity index (χ4v) is 2.46.